The van der Waals surface area contributed by atoms with E-state index in [1.54, 1.807) is 0 Å². The van der Waals surface area contributed by atoms with Gasteiger partial charge in [0.2, 0.25) is 0 Å². The number of aliphatic hydroxyl groups is 2. The van der Waals surface area contributed by atoms with E-state index in [4.69, 9.17) is 23.2 Å². The van der Waals surface area contributed by atoms with Crippen LogP contribution in [0.1, 0.15) is 64.2 Å². The molecular formula is C32H54Cl2N8O8S2. The fourth-order valence-electron chi connectivity index (χ4n) is 12.7. The summed E-state index contributed by atoms with van der Waals surface area (Å²) in [6, 6.07) is 0. The molecule has 12 N–H and O–H groups in total. The highest BCUT2D eigenvalue weighted by Crippen LogP contribution is 2.48. The Balaban J connectivity index is 1.13. The summed E-state index contributed by atoms with van der Waals surface area (Å²) in [5, 5.41) is 47.5. The van der Waals surface area contributed by atoms with Gasteiger partial charge in [-0.3, -0.25) is 51.6 Å². The predicted molar refractivity (Wildman–Crippen MR) is 191 cm³/mol. The molecule has 22 atom stereocenters. The predicted octanol–water partition coefficient (Wildman–Crippen LogP) is -1.29. The van der Waals surface area contributed by atoms with E-state index in [0.29, 0.717) is 23.7 Å². The number of hydrogen-bond acceptors (Lipinski definition) is 14. The maximum Gasteiger partial charge on any atom is 0.269 e. The lowest BCUT2D eigenvalue weighted by Gasteiger charge is -2.44. The van der Waals surface area contributed by atoms with Gasteiger partial charge in [-0.25, -0.2) is 0 Å². The Bertz CT molecular complexity index is 1590. The van der Waals surface area contributed by atoms with Crippen LogP contribution >= 0.6 is 23.2 Å². The van der Waals surface area contributed by atoms with E-state index in [9.17, 15) is 36.2 Å². The first-order valence-corrected chi connectivity index (χ1v) is 23.2. The summed E-state index contributed by atoms with van der Waals surface area (Å²) in [6.45, 7) is 0. The van der Waals surface area contributed by atoms with E-state index in [0.717, 1.165) is 44.9 Å². The van der Waals surface area contributed by atoms with Crippen LogP contribution in [0.4, 0.5) is 0 Å². The van der Waals surface area contributed by atoms with E-state index >= 15 is 0 Å². The van der Waals surface area contributed by atoms with Crippen molar-refractivity contribution in [3.63, 3.8) is 0 Å². The van der Waals surface area contributed by atoms with Crippen molar-refractivity contribution in [3.8, 4) is 0 Å². The summed E-state index contributed by atoms with van der Waals surface area (Å²) in [7, 11) is -9.85. The lowest BCUT2D eigenvalue weighted by Crippen LogP contribution is -2.63. The Morgan fingerprint density at radius 1 is 0.423 bits per heavy atom. The molecule has 296 valence electrons. The van der Waals surface area contributed by atoms with Crippen LogP contribution in [0.5, 0.6) is 0 Å². The van der Waals surface area contributed by atoms with Crippen molar-refractivity contribution >= 4 is 43.4 Å². The van der Waals surface area contributed by atoms with Crippen molar-refractivity contribution in [3.05, 3.63) is 0 Å². The van der Waals surface area contributed by atoms with Gasteiger partial charge in [0.1, 0.15) is 10.5 Å². The molecule has 5 heterocycles. The van der Waals surface area contributed by atoms with Crippen LogP contribution in [0.15, 0.2) is 0 Å². The number of rotatable bonds is 2. The first-order chi connectivity index (χ1) is 24.7. The molecule has 9 fully saturated rings. The van der Waals surface area contributed by atoms with Gasteiger partial charge in [0.15, 0.2) is 0 Å². The van der Waals surface area contributed by atoms with Gasteiger partial charge in [0, 0.05) is 17.8 Å². The minimum Gasteiger partial charge on any atom is -0.390 e. The lowest BCUT2D eigenvalue weighted by atomic mass is 9.74. The molecule has 4 saturated carbocycles. The molecule has 0 radical (unpaired) electrons. The van der Waals surface area contributed by atoms with Crippen LogP contribution in [-0.4, -0.2) is 119 Å². The zero-order valence-electron chi connectivity index (χ0n) is 28.8. The second kappa shape index (κ2) is 13.8. The fraction of sp³-hybridized carbons (Fsp3) is 1.00. The number of fused-ring (bicyclic) bond motifs is 20. The highest BCUT2D eigenvalue weighted by Gasteiger charge is 2.63. The maximum absolute atomic E-state index is 13.2. The third-order valence-corrected chi connectivity index (χ3v) is 18.9. The Labute approximate surface area is 315 Å². The zero-order valence-corrected chi connectivity index (χ0v) is 31.9. The number of alkyl halides is 2. The van der Waals surface area contributed by atoms with Crippen LogP contribution in [0.25, 0.3) is 0 Å². The Kier molecular flexibility index (Phi) is 10.00. The van der Waals surface area contributed by atoms with Crippen LogP contribution in [0.2, 0.25) is 0 Å². The summed E-state index contributed by atoms with van der Waals surface area (Å²) in [5.74, 6) is -1.17. The number of nitrogens with one attached hydrogen (secondary N) is 8. The molecule has 0 aromatic rings. The maximum atomic E-state index is 13.2. The van der Waals surface area contributed by atoms with Gasteiger partial charge in [0.05, 0.1) is 72.3 Å². The quantitative estimate of drug-likeness (QED) is 0.115. The lowest BCUT2D eigenvalue weighted by molar-refractivity contribution is -0.0652. The molecular weight excluding hydrogens is 759 g/mol. The van der Waals surface area contributed by atoms with Gasteiger partial charge in [-0.15, -0.1) is 23.2 Å². The fourth-order valence-corrected chi connectivity index (χ4v) is 16.5. The first-order valence-electron chi connectivity index (χ1n) is 19.4. The van der Waals surface area contributed by atoms with Crippen molar-refractivity contribution in [2.75, 3.05) is 0 Å². The number of hydrogen-bond donors (Lipinski definition) is 12. The first kappa shape index (κ1) is 37.6. The van der Waals surface area contributed by atoms with Crippen molar-refractivity contribution in [1.82, 2.24) is 42.5 Å². The largest absolute Gasteiger partial charge is 0.390 e. The average Bonchev–Trinajstić information content (AvgIpc) is 3.84. The van der Waals surface area contributed by atoms with Gasteiger partial charge >= 0.3 is 0 Å². The monoisotopic (exact) mass is 812 g/mol. The molecule has 22 unspecified atom stereocenters. The molecule has 0 amide bonds. The van der Waals surface area contributed by atoms with Gasteiger partial charge in [-0.1, -0.05) is 25.7 Å². The Morgan fingerprint density at radius 3 is 1.25 bits per heavy atom. The zero-order chi connectivity index (χ0) is 36.4. The summed E-state index contributed by atoms with van der Waals surface area (Å²) in [6.07, 6.45) is 3.57. The van der Waals surface area contributed by atoms with E-state index in [2.05, 4.69) is 42.5 Å². The molecule has 4 aliphatic carbocycles. The van der Waals surface area contributed by atoms with Crippen LogP contribution in [-0.2, 0) is 20.2 Å². The minimum absolute atomic E-state index is 0.0269. The summed E-state index contributed by atoms with van der Waals surface area (Å²) in [4.78, 5) is 0. The van der Waals surface area contributed by atoms with Gasteiger partial charge in [-0.05, 0) is 68.1 Å². The summed E-state index contributed by atoms with van der Waals surface area (Å²) >= 11 is 13.7. The van der Waals surface area contributed by atoms with Gasteiger partial charge < -0.3 is 10.2 Å². The van der Waals surface area contributed by atoms with Crippen LogP contribution < -0.4 is 42.5 Å². The van der Waals surface area contributed by atoms with Crippen molar-refractivity contribution < 1.29 is 36.2 Å². The van der Waals surface area contributed by atoms with Crippen LogP contribution in [0.3, 0.4) is 0 Å². The van der Waals surface area contributed by atoms with Crippen molar-refractivity contribution in [1.29, 1.82) is 0 Å². The molecule has 9 aliphatic rings. The van der Waals surface area contributed by atoms with Gasteiger partial charge in [0.25, 0.3) is 20.2 Å². The normalized spacial score (nSPS) is 56.3. The van der Waals surface area contributed by atoms with E-state index in [1.165, 1.54) is 6.42 Å². The SMILES string of the molecule is O=S(=O)(O)C1CCC2C3NC4NC(NC5NC(NC6NC(NC(N3)C2C1S(=O)(=O)O)C1C(O)C(O)C(Cl)C(Cl)C61)C1CCCCC51)C1CCCCC41. The molecule has 5 saturated heterocycles. The van der Waals surface area contributed by atoms with E-state index in [1.807, 2.05) is 0 Å². The second-order valence-corrected chi connectivity index (χ2v) is 21.5. The molecule has 8 bridgehead atoms. The highest BCUT2D eigenvalue weighted by molar-refractivity contribution is 7.90. The average molecular weight is 814 g/mol. The van der Waals surface area contributed by atoms with Crippen molar-refractivity contribution in [2.45, 2.75) is 147 Å². The standard InChI is InChI=1S/C32H54Cl2N8O8S2/c33-20-18-19(22(43)23(44)21(20)34)32-41-30-17-15(9-10-16(51(45,46)47)24(17)52(48,49)50)29(40-30)38-27-12-6-2-1-5-11(12)25(36-27)35-26-13-7-3-4-8-14(13)28(37-26)39-31(18)42-32/h11-32,35-44H,1-10H2,(H,45,46,47)(H,48,49,50). The Morgan fingerprint density at radius 2 is 0.808 bits per heavy atom. The molecule has 16 nitrogen and oxygen atoms in total. The second-order valence-electron chi connectivity index (χ2n) is 17.3. The highest BCUT2D eigenvalue weighted by atomic mass is 35.5. The molecule has 20 heteroatoms. The smallest absolute Gasteiger partial charge is 0.269 e. The molecule has 9 rings (SSSR count). The Hall–Kier alpha value is -0.000000000000000111. The van der Waals surface area contributed by atoms with Crippen LogP contribution in [0, 0.1) is 47.3 Å². The van der Waals surface area contributed by atoms with Gasteiger partial charge in [-0.2, -0.15) is 16.8 Å². The van der Waals surface area contributed by atoms with E-state index in [-0.39, 0.29) is 37.5 Å². The molecule has 0 aromatic carbocycles. The molecule has 0 aromatic heterocycles. The minimum atomic E-state index is -4.99. The topological polar surface area (TPSA) is 245 Å². The molecule has 52 heavy (non-hydrogen) atoms. The third kappa shape index (κ3) is 6.21. The third-order valence-electron chi connectivity index (χ3n) is 14.9. The summed E-state index contributed by atoms with van der Waals surface area (Å²) in [5.41, 5.74) is 0. The summed E-state index contributed by atoms with van der Waals surface area (Å²) < 4.78 is 72.6. The molecule has 5 aliphatic heterocycles. The molecule has 0 spiro atoms. The number of aliphatic hydroxyl groups excluding tert-OH is 2. The number of halogens is 2. The van der Waals surface area contributed by atoms with E-state index < -0.39 is 102 Å². The van der Waals surface area contributed by atoms with Crippen molar-refractivity contribution in [2.24, 2.45) is 47.3 Å².